The molecule has 2 heterocycles. The highest BCUT2D eigenvalue weighted by Gasteiger charge is 2.20. The maximum Gasteiger partial charge on any atom is 0.252 e. The first-order valence-corrected chi connectivity index (χ1v) is 11.5. The number of carbonyl (C=O) groups excluding carboxylic acids is 1. The molecule has 1 aliphatic heterocycles. The van der Waals surface area contributed by atoms with Gasteiger partial charge in [0.05, 0.1) is 17.9 Å². The van der Waals surface area contributed by atoms with E-state index in [0.29, 0.717) is 46.6 Å². The zero-order valence-electron chi connectivity index (χ0n) is 17.3. The molecule has 5 nitrogen and oxygen atoms in total. The summed E-state index contributed by atoms with van der Waals surface area (Å²) in [5, 5.41) is 0.869. The van der Waals surface area contributed by atoms with Gasteiger partial charge in [-0.05, 0) is 30.2 Å². The standard InChI is InChI=1S/C23H22ClF2N3O2S/c24-18-5-2-1-4-16(18)6-7-21(30)29(9-3-8-28-10-12-31-13-11-28)23-27-22-19(26)14-17(25)15-20(22)32-23/h1-2,4-7,14-15H,3,8-13H2/b7-6+. The van der Waals surface area contributed by atoms with Gasteiger partial charge in [0, 0.05) is 43.3 Å². The number of thiazole rings is 1. The highest BCUT2D eigenvalue weighted by atomic mass is 35.5. The third kappa shape index (κ3) is 5.50. The van der Waals surface area contributed by atoms with Gasteiger partial charge in [-0.3, -0.25) is 14.6 Å². The van der Waals surface area contributed by atoms with Gasteiger partial charge in [0.2, 0.25) is 0 Å². The highest BCUT2D eigenvalue weighted by molar-refractivity contribution is 7.22. The Balaban J connectivity index is 1.56. The van der Waals surface area contributed by atoms with Crippen LogP contribution in [-0.2, 0) is 9.53 Å². The molecule has 168 valence electrons. The quantitative estimate of drug-likeness (QED) is 0.449. The van der Waals surface area contributed by atoms with Crippen molar-refractivity contribution >= 4 is 50.3 Å². The molecular weight excluding hydrogens is 456 g/mol. The molecule has 1 saturated heterocycles. The van der Waals surface area contributed by atoms with Crippen molar-refractivity contribution in [1.82, 2.24) is 9.88 Å². The van der Waals surface area contributed by atoms with Gasteiger partial charge in [-0.2, -0.15) is 0 Å². The maximum atomic E-state index is 14.2. The zero-order valence-corrected chi connectivity index (χ0v) is 18.8. The van der Waals surface area contributed by atoms with Crippen LogP contribution in [0.5, 0.6) is 0 Å². The molecule has 1 fully saturated rings. The Morgan fingerprint density at radius 3 is 2.81 bits per heavy atom. The number of anilines is 1. The lowest BCUT2D eigenvalue weighted by molar-refractivity contribution is -0.114. The largest absolute Gasteiger partial charge is 0.379 e. The minimum absolute atomic E-state index is 0.0625. The third-order valence-corrected chi connectivity index (χ3v) is 6.54. The van der Waals surface area contributed by atoms with Crippen LogP contribution in [0.15, 0.2) is 42.5 Å². The second kappa shape index (κ2) is 10.5. The summed E-state index contributed by atoms with van der Waals surface area (Å²) in [4.78, 5) is 21.2. The molecule has 0 atom stereocenters. The number of halogens is 3. The predicted octanol–water partition coefficient (Wildman–Crippen LogP) is 5.00. The Morgan fingerprint density at radius 1 is 1.25 bits per heavy atom. The Labute approximate surface area is 193 Å². The normalized spacial score (nSPS) is 15.0. The molecule has 1 aromatic heterocycles. The Hall–Kier alpha value is -2.39. The number of fused-ring (bicyclic) bond motifs is 1. The number of carbonyl (C=O) groups is 1. The number of nitrogens with zero attached hydrogens (tertiary/aromatic N) is 3. The van der Waals surface area contributed by atoms with E-state index in [2.05, 4.69) is 9.88 Å². The molecule has 0 unspecified atom stereocenters. The minimum Gasteiger partial charge on any atom is -0.379 e. The van der Waals surface area contributed by atoms with Crippen LogP contribution < -0.4 is 4.90 Å². The number of hydrogen-bond acceptors (Lipinski definition) is 5. The van der Waals surface area contributed by atoms with Crippen molar-refractivity contribution in [2.75, 3.05) is 44.3 Å². The van der Waals surface area contributed by atoms with E-state index in [-0.39, 0.29) is 11.4 Å². The van der Waals surface area contributed by atoms with Crippen LogP contribution in [-0.4, -0.2) is 55.2 Å². The molecule has 0 aliphatic carbocycles. The summed E-state index contributed by atoms with van der Waals surface area (Å²) in [5.41, 5.74) is 0.778. The third-order valence-electron chi connectivity index (χ3n) is 5.17. The van der Waals surface area contributed by atoms with Gasteiger partial charge in [0.25, 0.3) is 5.91 Å². The van der Waals surface area contributed by atoms with E-state index in [1.807, 2.05) is 18.2 Å². The molecule has 0 spiro atoms. The molecule has 1 aliphatic rings. The van der Waals surface area contributed by atoms with Crippen LogP contribution in [0, 0.1) is 11.6 Å². The summed E-state index contributed by atoms with van der Waals surface area (Å²) < 4.78 is 33.6. The number of ether oxygens (including phenoxy) is 1. The first-order chi connectivity index (χ1) is 15.5. The van der Waals surface area contributed by atoms with Crippen LogP contribution in [0.2, 0.25) is 5.02 Å². The van der Waals surface area contributed by atoms with Gasteiger partial charge in [0.15, 0.2) is 10.9 Å². The number of rotatable bonds is 7. The van der Waals surface area contributed by atoms with E-state index in [0.717, 1.165) is 37.0 Å². The second-order valence-corrected chi connectivity index (χ2v) is 8.80. The maximum absolute atomic E-state index is 14.2. The van der Waals surface area contributed by atoms with Crippen LogP contribution in [0.3, 0.4) is 0 Å². The number of hydrogen-bond donors (Lipinski definition) is 0. The molecule has 0 N–H and O–H groups in total. The molecule has 0 saturated carbocycles. The molecule has 0 radical (unpaired) electrons. The van der Waals surface area contributed by atoms with Crippen molar-refractivity contribution in [3.05, 3.63) is 64.7 Å². The summed E-state index contributed by atoms with van der Waals surface area (Å²) in [6, 6.07) is 9.24. The minimum atomic E-state index is -0.741. The van der Waals surface area contributed by atoms with Crippen molar-refractivity contribution in [2.45, 2.75) is 6.42 Å². The average Bonchev–Trinajstić information content (AvgIpc) is 3.20. The van der Waals surface area contributed by atoms with Crippen molar-refractivity contribution in [3.63, 3.8) is 0 Å². The number of morpholine rings is 1. The van der Waals surface area contributed by atoms with Gasteiger partial charge in [-0.15, -0.1) is 0 Å². The molecule has 32 heavy (non-hydrogen) atoms. The van der Waals surface area contributed by atoms with Crippen molar-refractivity contribution < 1.29 is 18.3 Å². The first kappa shape index (κ1) is 22.8. The Bertz CT molecular complexity index is 1130. The SMILES string of the molecule is O=C(/C=C/c1ccccc1Cl)N(CCCN1CCOCC1)c1nc2c(F)cc(F)cc2s1. The van der Waals surface area contributed by atoms with E-state index in [1.165, 1.54) is 17.0 Å². The predicted molar refractivity (Wildman–Crippen MR) is 124 cm³/mol. The van der Waals surface area contributed by atoms with Gasteiger partial charge in [-0.1, -0.05) is 41.1 Å². The molecule has 4 rings (SSSR count). The van der Waals surface area contributed by atoms with E-state index in [4.69, 9.17) is 16.3 Å². The molecule has 0 bridgehead atoms. The smallest absolute Gasteiger partial charge is 0.252 e. The van der Waals surface area contributed by atoms with Crippen molar-refractivity contribution in [1.29, 1.82) is 0 Å². The number of amides is 1. The van der Waals surface area contributed by atoms with Crippen LogP contribution in [0.1, 0.15) is 12.0 Å². The van der Waals surface area contributed by atoms with Crippen molar-refractivity contribution in [2.24, 2.45) is 0 Å². The molecule has 1 amide bonds. The molecule has 9 heteroatoms. The van der Waals surface area contributed by atoms with Crippen LogP contribution >= 0.6 is 22.9 Å². The van der Waals surface area contributed by atoms with Crippen LogP contribution in [0.4, 0.5) is 13.9 Å². The fraction of sp³-hybridized carbons (Fsp3) is 0.304. The van der Waals surface area contributed by atoms with E-state index in [1.54, 1.807) is 12.1 Å². The van der Waals surface area contributed by atoms with Gasteiger partial charge in [0.1, 0.15) is 11.3 Å². The molecule has 3 aromatic rings. The summed E-state index contributed by atoms with van der Waals surface area (Å²) in [6.07, 6.45) is 3.78. The Morgan fingerprint density at radius 2 is 2.03 bits per heavy atom. The molecule has 2 aromatic carbocycles. The van der Waals surface area contributed by atoms with Crippen molar-refractivity contribution in [3.8, 4) is 0 Å². The van der Waals surface area contributed by atoms with Gasteiger partial charge >= 0.3 is 0 Å². The van der Waals surface area contributed by atoms with Crippen LogP contribution in [0.25, 0.3) is 16.3 Å². The number of benzene rings is 2. The summed E-state index contributed by atoms with van der Waals surface area (Å²) in [7, 11) is 0. The summed E-state index contributed by atoms with van der Waals surface area (Å²) >= 11 is 7.27. The summed E-state index contributed by atoms with van der Waals surface area (Å²) in [6.45, 7) is 4.30. The topological polar surface area (TPSA) is 45.7 Å². The monoisotopic (exact) mass is 477 g/mol. The number of aromatic nitrogens is 1. The highest BCUT2D eigenvalue weighted by Crippen LogP contribution is 2.31. The lowest BCUT2D eigenvalue weighted by Gasteiger charge is -2.27. The average molecular weight is 478 g/mol. The fourth-order valence-corrected chi connectivity index (χ4v) is 4.73. The van der Waals surface area contributed by atoms with E-state index < -0.39 is 11.6 Å². The fourth-order valence-electron chi connectivity index (χ4n) is 3.50. The molecular formula is C23H22ClF2N3O2S. The Kier molecular flexibility index (Phi) is 7.47. The van der Waals surface area contributed by atoms with E-state index >= 15 is 0 Å². The van der Waals surface area contributed by atoms with Gasteiger partial charge in [-0.25, -0.2) is 13.8 Å². The second-order valence-electron chi connectivity index (χ2n) is 7.38. The lowest BCUT2D eigenvalue weighted by atomic mass is 10.2. The first-order valence-electron chi connectivity index (χ1n) is 10.3. The van der Waals surface area contributed by atoms with Gasteiger partial charge < -0.3 is 4.74 Å². The zero-order chi connectivity index (χ0) is 22.5. The van der Waals surface area contributed by atoms with E-state index in [9.17, 15) is 13.6 Å². The summed E-state index contributed by atoms with van der Waals surface area (Å²) in [5.74, 6) is -1.71. The lowest BCUT2D eigenvalue weighted by Crippen LogP contribution is -2.39.